The number of alkyl halides is 3. The van der Waals surface area contributed by atoms with Crippen molar-refractivity contribution in [3.8, 4) is 5.69 Å². The maximum Gasteiger partial charge on any atom is 0.434 e. The first kappa shape index (κ1) is 19.7. The van der Waals surface area contributed by atoms with Gasteiger partial charge in [-0.1, -0.05) is 30.7 Å². The number of halogens is 4. The number of allylic oxidation sites excluding steroid dienone is 4. The Labute approximate surface area is 159 Å². The topological polar surface area (TPSA) is 52.0 Å². The van der Waals surface area contributed by atoms with E-state index in [4.69, 9.17) is 11.6 Å². The molecule has 0 radical (unpaired) electrons. The van der Waals surface area contributed by atoms with E-state index in [2.05, 4.69) is 4.98 Å². The summed E-state index contributed by atoms with van der Waals surface area (Å²) in [6.07, 6.45) is 2.55. The van der Waals surface area contributed by atoms with Crippen molar-refractivity contribution in [1.29, 1.82) is 0 Å². The average molecular weight is 417 g/mol. The molecule has 2 unspecified atom stereocenters. The lowest BCUT2D eigenvalue weighted by Crippen LogP contribution is -2.14. The van der Waals surface area contributed by atoms with Crippen LogP contribution in [0.25, 0.3) is 5.69 Å². The van der Waals surface area contributed by atoms with Crippen LogP contribution in [0.3, 0.4) is 0 Å². The molecule has 9 heteroatoms. The quantitative estimate of drug-likeness (QED) is 0.728. The number of nitrogens with zero attached hydrogens (tertiary/aromatic N) is 2. The van der Waals surface area contributed by atoms with Gasteiger partial charge in [0.2, 0.25) is 0 Å². The van der Waals surface area contributed by atoms with Gasteiger partial charge in [-0.3, -0.25) is 0 Å². The van der Waals surface area contributed by atoms with E-state index in [0.29, 0.717) is 10.7 Å². The largest absolute Gasteiger partial charge is 0.434 e. The summed E-state index contributed by atoms with van der Waals surface area (Å²) >= 11 is 6.04. The van der Waals surface area contributed by atoms with Crippen LogP contribution in [0.5, 0.6) is 0 Å². The zero-order valence-electron chi connectivity index (χ0n) is 14.4. The van der Waals surface area contributed by atoms with Gasteiger partial charge in [0.05, 0.1) is 4.90 Å². The Kier molecular flexibility index (Phi) is 4.98. The minimum Gasteiger partial charge on any atom is -0.303 e. The van der Waals surface area contributed by atoms with Crippen LogP contribution in [0.1, 0.15) is 24.4 Å². The highest BCUT2D eigenvalue weighted by molar-refractivity contribution is 7.90. The Morgan fingerprint density at radius 1 is 1.19 bits per heavy atom. The van der Waals surface area contributed by atoms with Crippen molar-refractivity contribution >= 4 is 21.4 Å². The Hall–Kier alpha value is -2.06. The fourth-order valence-corrected chi connectivity index (χ4v) is 3.72. The molecule has 1 aliphatic carbocycles. The first-order valence-corrected chi connectivity index (χ1v) is 10.3. The van der Waals surface area contributed by atoms with Gasteiger partial charge in [0.15, 0.2) is 15.5 Å². The molecule has 2 atom stereocenters. The zero-order chi connectivity index (χ0) is 20.0. The number of imidazole rings is 1. The Balaban J connectivity index is 2.14. The predicted octanol–water partition coefficient (Wildman–Crippen LogP) is 4.71. The SMILES string of the molecule is CC1C=CC(Cl)=CC1c1nc(C(F)(F)F)cn1-c1ccc(S(C)(=O)=O)cc1. The lowest BCUT2D eigenvalue weighted by molar-refractivity contribution is -0.141. The molecule has 3 rings (SSSR count). The van der Waals surface area contributed by atoms with Gasteiger partial charge < -0.3 is 4.57 Å². The average Bonchev–Trinajstić information content (AvgIpc) is 3.02. The zero-order valence-corrected chi connectivity index (χ0v) is 16.0. The van der Waals surface area contributed by atoms with Crippen LogP contribution in [0.15, 0.2) is 58.6 Å². The molecule has 0 saturated carbocycles. The maximum atomic E-state index is 13.2. The van der Waals surface area contributed by atoms with Crippen LogP contribution < -0.4 is 0 Å². The Morgan fingerprint density at radius 2 is 1.81 bits per heavy atom. The summed E-state index contributed by atoms with van der Waals surface area (Å²) in [4.78, 5) is 3.90. The molecular formula is C18H16ClF3N2O2S. The normalized spacial score (nSPS) is 20.6. The van der Waals surface area contributed by atoms with Crippen LogP contribution in [-0.4, -0.2) is 24.2 Å². The summed E-state index contributed by atoms with van der Waals surface area (Å²) in [7, 11) is -3.41. The number of rotatable bonds is 3. The summed E-state index contributed by atoms with van der Waals surface area (Å²) < 4.78 is 64.3. The van der Waals surface area contributed by atoms with Gasteiger partial charge in [-0.25, -0.2) is 13.4 Å². The molecule has 1 aliphatic rings. The molecule has 144 valence electrons. The maximum absolute atomic E-state index is 13.2. The van der Waals surface area contributed by atoms with Crippen molar-refractivity contribution in [3.63, 3.8) is 0 Å². The highest BCUT2D eigenvalue weighted by Crippen LogP contribution is 2.37. The fourth-order valence-electron chi connectivity index (χ4n) is 2.88. The number of benzene rings is 1. The molecule has 1 aromatic heterocycles. The Morgan fingerprint density at radius 3 is 2.37 bits per heavy atom. The lowest BCUT2D eigenvalue weighted by atomic mass is 9.89. The Bertz CT molecular complexity index is 1020. The third-order valence-electron chi connectivity index (χ3n) is 4.33. The first-order valence-electron chi connectivity index (χ1n) is 7.99. The summed E-state index contributed by atoms with van der Waals surface area (Å²) in [6.45, 7) is 1.86. The van der Waals surface area contributed by atoms with Gasteiger partial charge in [-0.2, -0.15) is 13.2 Å². The van der Waals surface area contributed by atoms with E-state index in [1.807, 2.05) is 13.0 Å². The third kappa shape index (κ3) is 4.11. The molecule has 1 heterocycles. The smallest absolute Gasteiger partial charge is 0.303 e. The molecule has 4 nitrogen and oxygen atoms in total. The minimum absolute atomic E-state index is 0.0841. The molecule has 0 amide bonds. The van der Waals surface area contributed by atoms with Crippen LogP contribution in [0, 0.1) is 5.92 Å². The van der Waals surface area contributed by atoms with Crippen molar-refractivity contribution in [3.05, 3.63) is 65.2 Å². The highest BCUT2D eigenvalue weighted by Gasteiger charge is 2.36. The summed E-state index contributed by atoms with van der Waals surface area (Å²) in [5, 5.41) is 0.425. The van der Waals surface area contributed by atoms with Gasteiger partial charge in [-0.05, 0) is 36.3 Å². The molecule has 0 saturated heterocycles. The molecule has 0 bridgehead atoms. The standard InChI is InChI=1S/C18H16ClF3N2O2S/c1-11-3-4-12(19)9-15(11)17-23-16(18(20,21)22)10-24(17)13-5-7-14(8-6-13)27(2,25)26/h3-11,15H,1-2H3. The van der Waals surface area contributed by atoms with Crippen LogP contribution in [-0.2, 0) is 16.0 Å². The molecular weight excluding hydrogens is 401 g/mol. The molecule has 0 aliphatic heterocycles. The number of hydrogen-bond donors (Lipinski definition) is 0. The summed E-state index contributed by atoms with van der Waals surface area (Å²) in [6, 6.07) is 5.62. The number of aromatic nitrogens is 2. The van der Waals surface area contributed by atoms with Gasteiger partial charge >= 0.3 is 6.18 Å². The van der Waals surface area contributed by atoms with Gasteiger partial charge in [0.25, 0.3) is 0 Å². The van der Waals surface area contributed by atoms with Gasteiger partial charge in [0.1, 0.15) is 5.82 Å². The van der Waals surface area contributed by atoms with Crippen LogP contribution in [0.2, 0.25) is 0 Å². The van der Waals surface area contributed by atoms with Crippen LogP contribution in [0.4, 0.5) is 13.2 Å². The van der Waals surface area contributed by atoms with Gasteiger partial charge in [-0.15, -0.1) is 0 Å². The van der Waals surface area contributed by atoms with E-state index < -0.39 is 27.6 Å². The molecule has 2 aromatic rings. The fraction of sp³-hybridized carbons (Fsp3) is 0.278. The van der Waals surface area contributed by atoms with E-state index in [1.165, 1.54) is 28.8 Å². The van der Waals surface area contributed by atoms with Crippen molar-refractivity contribution in [1.82, 2.24) is 9.55 Å². The van der Waals surface area contributed by atoms with Crippen LogP contribution >= 0.6 is 11.6 Å². The van der Waals surface area contributed by atoms with Crippen molar-refractivity contribution < 1.29 is 21.6 Å². The number of sulfone groups is 1. The second kappa shape index (κ2) is 6.83. The summed E-state index contributed by atoms with van der Waals surface area (Å²) in [5.41, 5.74) is -0.636. The van der Waals surface area contributed by atoms with E-state index in [1.54, 1.807) is 12.2 Å². The minimum atomic E-state index is -4.60. The van der Waals surface area contributed by atoms with E-state index in [-0.39, 0.29) is 16.6 Å². The van der Waals surface area contributed by atoms with E-state index in [0.717, 1.165) is 12.5 Å². The van der Waals surface area contributed by atoms with Crippen molar-refractivity contribution in [2.75, 3.05) is 6.26 Å². The molecule has 0 spiro atoms. The summed E-state index contributed by atoms with van der Waals surface area (Å²) in [5.74, 6) is -0.373. The van der Waals surface area contributed by atoms with Crippen molar-refractivity contribution in [2.24, 2.45) is 5.92 Å². The number of hydrogen-bond acceptors (Lipinski definition) is 3. The first-order chi connectivity index (χ1) is 12.5. The molecule has 27 heavy (non-hydrogen) atoms. The molecule has 0 fully saturated rings. The third-order valence-corrected chi connectivity index (χ3v) is 5.71. The molecule has 0 N–H and O–H groups in total. The second-order valence-electron chi connectivity index (χ2n) is 6.41. The van der Waals surface area contributed by atoms with Gasteiger partial charge in [0, 0.05) is 29.1 Å². The predicted molar refractivity (Wildman–Crippen MR) is 96.7 cm³/mol. The van der Waals surface area contributed by atoms with E-state index >= 15 is 0 Å². The monoisotopic (exact) mass is 416 g/mol. The van der Waals surface area contributed by atoms with Crippen molar-refractivity contribution in [2.45, 2.75) is 23.9 Å². The second-order valence-corrected chi connectivity index (χ2v) is 8.87. The van der Waals surface area contributed by atoms with E-state index in [9.17, 15) is 21.6 Å². The highest BCUT2D eigenvalue weighted by atomic mass is 35.5. The molecule has 1 aromatic carbocycles. The lowest BCUT2D eigenvalue weighted by Gasteiger charge is -2.22.